The number of carboxylic acid groups (broad SMARTS) is 1. The van der Waals surface area contributed by atoms with Gasteiger partial charge >= 0.3 is 5.97 Å². The third-order valence-corrected chi connectivity index (χ3v) is 3.02. The van der Waals surface area contributed by atoms with Crippen molar-refractivity contribution >= 4 is 21.9 Å². The molecule has 0 atom stereocenters. The van der Waals surface area contributed by atoms with Gasteiger partial charge in [-0.05, 0) is 24.1 Å². The molecule has 0 radical (unpaired) electrons. The fourth-order valence-electron chi connectivity index (χ4n) is 1.34. The van der Waals surface area contributed by atoms with Crippen molar-refractivity contribution in [3.8, 4) is 0 Å². The maximum Gasteiger partial charge on any atom is 0.335 e. The van der Waals surface area contributed by atoms with E-state index in [1.807, 2.05) is 0 Å². The van der Waals surface area contributed by atoms with Gasteiger partial charge in [0, 0.05) is 11.1 Å². The van der Waals surface area contributed by atoms with E-state index in [-0.39, 0.29) is 5.56 Å². The Kier molecular flexibility index (Phi) is 6.93. The van der Waals surface area contributed by atoms with Crippen molar-refractivity contribution in [2.24, 2.45) is 0 Å². The summed E-state index contributed by atoms with van der Waals surface area (Å²) in [5.74, 6) is -0.934. The maximum absolute atomic E-state index is 10.8. The SMILES string of the molecule is CCCOCCOCc1ccc(C(=O)O)cc1Br. The zero-order chi connectivity index (χ0) is 13.4. The van der Waals surface area contributed by atoms with Crippen molar-refractivity contribution in [3.05, 3.63) is 33.8 Å². The molecule has 0 aliphatic heterocycles. The van der Waals surface area contributed by atoms with Gasteiger partial charge in [-0.15, -0.1) is 0 Å². The van der Waals surface area contributed by atoms with Gasteiger partial charge in [-0.25, -0.2) is 4.79 Å². The number of benzene rings is 1. The first kappa shape index (κ1) is 15.1. The van der Waals surface area contributed by atoms with Gasteiger partial charge in [0.15, 0.2) is 0 Å². The smallest absolute Gasteiger partial charge is 0.335 e. The summed E-state index contributed by atoms with van der Waals surface area (Å²) < 4.78 is 11.5. The van der Waals surface area contributed by atoms with E-state index in [9.17, 15) is 4.79 Å². The highest BCUT2D eigenvalue weighted by atomic mass is 79.9. The number of hydrogen-bond donors (Lipinski definition) is 1. The molecule has 0 saturated heterocycles. The molecule has 1 rings (SSSR count). The van der Waals surface area contributed by atoms with Crippen LogP contribution < -0.4 is 0 Å². The lowest BCUT2D eigenvalue weighted by atomic mass is 10.1. The summed E-state index contributed by atoms with van der Waals surface area (Å²) in [6, 6.07) is 4.90. The van der Waals surface area contributed by atoms with Crippen LogP contribution in [0, 0.1) is 0 Å². The average molecular weight is 317 g/mol. The number of aromatic carboxylic acids is 1. The van der Waals surface area contributed by atoms with Gasteiger partial charge in [-0.1, -0.05) is 28.9 Å². The number of carboxylic acids is 1. The highest BCUT2D eigenvalue weighted by molar-refractivity contribution is 9.10. The second kappa shape index (κ2) is 8.24. The van der Waals surface area contributed by atoms with Crippen molar-refractivity contribution in [2.75, 3.05) is 19.8 Å². The topological polar surface area (TPSA) is 55.8 Å². The zero-order valence-corrected chi connectivity index (χ0v) is 11.9. The molecule has 0 fully saturated rings. The number of halogens is 1. The molecule has 0 bridgehead atoms. The fourth-order valence-corrected chi connectivity index (χ4v) is 1.84. The highest BCUT2D eigenvalue weighted by Gasteiger charge is 2.06. The van der Waals surface area contributed by atoms with Crippen LogP contribution in [0.5, 0.6) is 0 Å². The molecule has 1 N–H and O–H groups in total. The summed E-state index contributed by atoms with van der Waals surface area (Å²) in [6.07, 6.45) is 1.00. The Morgan fingerprint density at radius 2 is 2.00 bits per heavy atom. The quantitative estimate of drug-likeness (QED) is 0.749. The molecule has 0 spiro atoms. The Morgan fingerprint density at radius 3 is 2.61 bits per heavy atom. The number of rotatable bonds is 8. The van der Waals surface area contributed by atoms with Crippen LogP contribution in [-0.2, 0) is 16.1 Å². The molecule has 0 saturated carbocycles. The minimum Gasteiger partial charge on any atom is -0.478 e. The van der Waals surface area contributed by atoms with Crippen LogP contribution >= 0.6 is 15.9 Å². The number of hydrogen-bond acceptors (Lipinski definition) is 3. The molecular formula is C13H17BrO4. The normalized spacial score (nSPS) is 10.6. The molecule has 4 nitrogen and oxygen atoms in total. The lowest BCUT2D eigenvalue weighted by Crippen LogP contribution is -2.05. The molecule has 0 amide bonds. The molecule has 18 heavy (non-hydrogen) atoms. The molecule has 0 aliphatic carbocycles. The molecule has 100 valence electrons. The van der Waals surface area contributed by atoms with Crippen LogP contribution in [0.4, 0.5) is 0 Å². The Labute approximate surface area is 115 Å². The summed E-state index contributed by atoms with van der Waals surface area (Å²) in [6.45, 7) is 4.37. The van der Waals surface area contributed by atoms with Crippen molar-refractivity contribution in [1.82, 2.24) is 0 Å². The average Bonchev–Trinajstić information content (AvgIpc) is 2.35. The third kappa shape index (κ3) is 5.16. The standard InChI is InChI=1S/C13H17BrO4/c1-2-5-17-6-7-18-9-11-4-3-10(13(15)16)8-12(11)14/h3-4,8H,2,5-7,9H2,1H3,(H,15,16). The van der Waals surface area contributed by atoms with Gasteiger partial charge in [0.2, 0.25) is 0 Å². The number of ether oxygens (including phenoxy) is 2. The van der Waals surface area contributed by atoms with E-state index in [1.165, 1.54) is 0 Å². The van der Waals surface area contributed by atoms with Crippen molar-refractivity contribution in [3.63, 3.8) is 0 Å². The first-order valence-corrected chi connectivity index (χ1v) is 6.61. The van der Waals surface area contributed by atoms with Gasteiger partial charge in [-0.2, -0.15) is 0 Å². The third-order valence-electron chi connectivity index (χ3n) is 2.28. The van der Waals surface area contributed by atoms with Gasteiger partial charge < -0.3 is 14.6 Å². The summed E-state index contributed by atoms with van der Waals surface area (Å²) in [5.41, 5.74) is 1.19. The molecule has 1 aromatic carbocycles. The zero-order valence-electron chi connectivity index (χ0n) is 10.3. The van der Waals surface area contributed by atoms with E-state index in [0.29, 0.717) is 19.8 Å². The minimum absolute atomic E-state index is 0.261. The minimum atomic E-state index is -0.934. The molecular weight excluding hydrogens is 300 g/mol. The fraction of sp³-hybridized carbons (Fsp3) is 0.462. The molecule has 1 aromatic rings. The number of carbonyl (C=O) groups is 1. The Bertz CT molecular complexity index is 393. The van der Waals surface area contributed by atoms with E-state index >= 15 is 0 Å². The molecule has 0 aromatic heterocycles. The van der Waals surface area contributed by atoms with E-state index in [4.69, 9.17) is 14.6 Å². The molecule has 0 unspecified atom stereocenters. The second-order valence-electron chi connectivity index (χ2n) is 3.78. The van der Waals surface area contributed by atoms with Crippen LogP contribution in [0.2, 0.25) is 0 Å². The predicted molar refractivity (Wildman–Crippen MR) is 71.9 cm³/mol. The van der Waals surface area contributed by atoms with Crippen molar-refractivity contribution < 1.29 is 19.4 Å². The molecule has 0 heterocycles. The van der Waals surface area contributed by atoms with Crippen LogP contribution in [-0.4, -0.2) is 30.9 Å². The monoisotopic (exact) mass is 316 g/mol. The lowest BCUT2D eigenvalue weighted by Gasteiger charge is -2.07. The predicted octanol–water partition coefficient (Wildman–Crippen LogP) is 3.09. The second-order valence-corrected chi connectivity index (χ2v) is 4.63. The van der Waals surface area contributed by atoms with Gasteiger partial charge in [0.05, 0.1) is 25.4 Å². The van der Waals surface area contributed by atoms with Crippen molar-refractivity contribution in [2.45, 2.75) is 20.0 Å². The van der Waals surface area contributed by atoms with Crippen LogP contribution in [0.3, 0.4) is 0 Å². The first-order chi connectivity index (χ1) is 8.65. The van der Waals surface area contributed by atoms with E-state index in [0.717, 1.165) is 23.1 Å². The van der Waals surface area contributed by atoms with E-state index in [1.54, 1.807) is 18.2 Å². The summed E-state index contributed by atoms with van der Waals surface area (Å²) in [7, 11) is 0. The summed E-state index contributed by atoms with van der Waals surface area (Å²) >= 11 is 3.33. The first-order valence-electron chi connectivity index (χ1n) is 5.82. The summed E-state index contributed by atoms with van der Waals surface area (Å²) in [4.78, 5) is 10.8. The van der Waals surface area contributed by atoms with E-state index < -0.39 is 5.97 Å². The van der Waals surface area contributed by atoms with Crippen LogP contribution in [0.15, 0.2) is 22.7 Å². The summed E-state index contributed by atoms with van der Waals surface area (Å²) in [5, 5.41) is 8.83. The van der Waals surface area contributed by atoms with Crippen LogP contribution in [0.25, 0.3) is 0 Å². The highest BCUT2D eigenvalue weighted by Crippen LogP contribution is 2.19. The largest absolute Gasteiger partial charge is 0.478 e. The maximum atomic E-state index is 10.8. The Morgan fingerprint density at radius 1 is 1.28 bits per heavy atom. The van der Waals surface area contributed by atoms with Gasteiger partial charge in [0.25, 0.3) is 0 Å². The van der Waals surface area contributed by atoms with Crippen LogP contribution in [0.1, 0.15) is 29.3 Å². The van der Waals surface area contributed by atoms with Gasteiger partial charge in [-0.3, -0.25) is 0 Å². The van der Waals surface area contributed by atoms with E-state index in [2.05, 4.69) is 22.9 Å². The molecule has 0 aliphatic rings. The Hall–Kier alpha value is -0.910. The van der Waals surface area contributed by atoms with Crippen molar-refractivity contribution in [1.29, 1.82) is 0 Å². The molecule has 5 heteroatoms. The Balaban J connectivity index is 2.36. The lowest BCUT2D eigenvalue weighted by molar-refractivity contribution is 0.0406. The van der Waals surface area contributed by atoms with Gasteiger partial charge in [0.1, 0.15) is 0 Å².